The molecule has 0 bridgehead atoms. The van der Waals surface area contributed by atoms with E-state index in [0.717, 1.165) is 12.1 Å². The van der Waals surface area contributed by atoms with E-state index in [-0.39, 0.29) is 11.3 Å². The molecule has 19 heavy (non-hydrogen) atoms. The van der Waals surface area contributed by atoms with Gasteiger partial charge >= 0.3 is 5.97 Å². The minimum absolute atomic E-state index is 0.0553. The summed E-state index contributed by atoms with van der Waals surface area (Å²) in [7, 11) is -3.01. The van der Waals surface area contributed by atoms with E-state index in [0.29, 0.717) is 17.2 Å². The van der Waals surface area contributed by atoms with Gasteiger partial charge in [-0.2, -0.15) is 0 Å². The van der Waals surface area contributed by atoms with Crippen LogP contribution in [0.1, 0.15) is 29.4 Å². The molecule has 1 aromatic heterocycles. The number of carboxylic acid groups (broad SMARTS) is 1. The van der Waals surface area contributed by atoms with Gasteiger partial charge in [-0.3, -0.25) is 0 Å². The van der Waals surface area contributed by atoms with E-state index in [1.165, 1.54) is 24.1 Å². The zero-order chi connectivity index (χ0) is 14.5. The van der Waals surface area contributed by atoms with Gasteiger partial charge in [0.15, 0.2) is 0 Å². The Morgan fingerprint density at radius 2 is 2.11 bits per heavy atom. The third-order valence-electron chi connectivity index (χ3n) is 2.31. The van der Waals surface area contributed by atoms with Crippen LogP contribution in [-0.2, 0) is 16.3 Å². The second-order valence-corrected chi connectivity index (χ2v) is 7.59. The molecule has 1 rings (SSSR count). The third kappa shape index (κ3) is 6.07. The molecule has 0 amide bonds. The van der Waals surface area contributed by atoms with E-state index < -0.39 is 15.8 Å². The summed E-state index contributed by atoms with van der Waals surface area (Å²) in [5, 5.41) is 9.59. The molecule has 106 valence electrons. The number of nitrogens with zero attached hydrogens (tertiary/aromatic N) is 1. The van der Waals surface area contributed by atoms with Gasteiger partial charge in [0.1, 0.15) is 9.84 Å². The molecule has 0 aliphatic rings. The highest BCUT2D eigenvalue weighted by atomic mass is 32.2. The normalized spacial score (nSPS) is 11.5. The van der Waals surface area contributed by atoms with E-state index >= 15 is 0 Å². The Labute approximate surface area is 117 Å². The number of aromatic nitrogens is 1. The van der Waals surface area contributed by atoms with E-state index in [4.69, 9.17) is 5.11 Å². The number of aromatic carboxylic acids is 1. The van der Waals surface area contributed by atoms with Gasteiger partial charge in [0.2, 0.25) is 0 Å². The predicted octanol–water partition coefficient (Wildman–Crippen LogP) is 1.87. The third-order valence-corrected chi connectivity index (χ3v) is 4.43. The van der Waals surface area contributed by atoms with E-state index in [1.807, 2.05) is 6.92 Å². The first kappa shape index (κ1) is 16.0. The number of hydrogen-bond donors (Lipinski definition) is 1. The SMILES string of the molecule is CCCc1cc(C(=O)O)cc(SCCS(C)(=O)=O)n1. The Morgan fingerprint density at radius 1 is 1.42 bits per heavy atom. The van der Waals surface area contributed by atoms with Gasteiger partial charge in [-0.1, -0.05) is 13.3 Å². The van der Waals surface area contributed by atoms with Crippen molar-refractivity contribution < 1.29 is 18.3 Å². The first-order valence-corrected chi connectivity index (χ1v) is 8.91. The lowest BCUT2D eigenvalue weighted by Gasteiger charge is -2.05. The van der Waals surface area contributed by atoms with Gasteiger partial charge in [0.05, 0.1) is 16.3 Å². The maximum absolute atomic E-state index is 11.0. The summed E-state index contributed by atoms with van der Waals surface area (Å²) >= 11 is 1.27. The fraction of sp³-hybridized carbons (Fsp3) is 0.500. The van der Waals surface area contributed by atoms with Gasteiger partial charge in [-0.15, -0.1) is 11.8 Å². The fourth-order valence-electron chi connectivity index (χ4n) is 1.44. The molecule has 7 heteroatoms. The quantitative estimate of drug-likeness (QED) is 0.774. The number of thioether (sulfide) groups is 1. The van der Waals surface area contributed by atoms with Crippen LogP contribution >= 0.6 is 11.8 Å². The number of rotatable bonds is 7. The van der Waals surface area contributed by atoms with Gasteiger partial charge < -0.3 is 5.11 Å². The Kier molecular flexibility index (Phi) is 5.81. The zero-order valence-corrected chi connectivity index (χ0v) is 12.6. The number of aryl methyl sites for hydroxylation is 1. The maximum Gasteiger partial charge on any atom is 0.335 e. The lowest BCUT2D eigenvalue weighted by atomic mass is 10.2. The van der Waals surface area contributed by atoms with Gasteiger partial charge in [0, 0.05) is 17.7 Å². The van der Waals surface area contributed by atoms with Crippen LogP contribution in [0.2, 0.25) is 0 Å². The summed E-state index contributed by atoms with van der Waals surface area (Å²) < 4.78 is 22.1. The molecule has 0 unspecified atom stereocenters. The van der Waals surface area contributed by atoms with E-state index in [9.17, 15) is 13.2 Å². The molecule has 0 radical (unpaired) electrons. The second kappa shape index (κ2) is 6.91. The molecule has 1 N–H and O–H groups in total. The molecular formula is C12H17NO4S2. The van der Waals surface area contributed by atoms with Gasteiger partial charge in [0.25, 0.3) is 0 Å². The number of sulfone groups is 1. The monoisotopic (exact) mass is 303 g/mol. The van der Waals surface area contributed by atoms with E-state index in [1.54, 1.807) is 6.07 Å². The van der Waals surface area contributed by atoms with Crippen LogP contribution in [-0.4, -0.2) is 42.2 Å². The summed E-state index contributed by atoms with van der Waals surface area (Å²) in [6.45, 7) is 1.99. The van der Waals surface area contributed by atoms with Gasteiger partial charge in [-0.25, -0.2) is 18.2 Å². The Morgan fingerprint density at radius 3 is 2.63 bits per heavy atom. The van der Waals surface area contributed by atoms with Gasteiger partial charge in [-0.05, 0) is 18.6 Å². The van der Waals surface area contributed by atoms with Crippen LogP contribution in [0.25, 0.3) is 0 Å². The van der Waals surface area contributed by atoms with Crippen molar-refractivity contribution in [3.05, 3.63) is 23.4 Å². The molecule has 0 aliphatic carbocycles. The van der Waals surface area contributed by atoms with Crippen molar-refractivity contribution in [2.45, 2.75) is 24.8 Å². The molecule has 0 saturated heterocycles. The molecule has 0 fully saturated rings. The van der Waals surface area contributed by atoms with E-state index in [2.05, 4.69) is 4.98 Å². The molecular weight excluding hydrogens is 286 g/mol. The first-order chi connectivity index (χ1) is 8.81. The van der Waals surface area contributed by atoms with Crippen molar-refractivity contribution in [3.63, 3.8) is 0 Å². The minimum Gasteiger partial charge on any atom is -0.478 e. The standard InChI is InChI=1S/C12H17NO4S2/c1-3-4-10-7-9(12(14)15)8-11(13-10)18-5-6-19(2,16)17/h7-8H,3-6H2,1-2H3,(H,14,15). The average Bonchev–Trinajstić information content (AvgIpc) is 2.27. The Hall–Kier alpha value is -1.08. The molecule has 0 atom stereocenters. The zero-order valence-electron chi connectivity index (χ0n) is 10.9. The average molecular weight is 303 g/mol. The number of hydrogen-bond acceptors (Lipinski definition) is 5. The molecule has 0 spiro atoms. The largest absolute Gasteiger partial charge is 0.478 e. The highest BCUT2D eigenvalue weighted by molar-refractivity contribution is 8.00. The number of carboxylic acids is 1. The van der Waals surface area contributed by atoms with Crippen LogP contribution in [0.3, 0.4) is 0 Å². The van der Waals surface area contributed by atoms with Crippen molar-refractivity contribution in [1.82, 2.24) is 4.98 Å². The van der Waals surface area contributed by atoms with Crippen LogP contribution in [0.4, 0.5) is 0 Å². The summed E-state index contributed by atoms with van der Waals surface area (Å²) in [4.78, 5) is 15.3. The number of pyridine rings is 1. The molecule has 0 aliphatic heterocycles. The van der Waals surface area contributed by atoms with Crippen LogP contribution in [0.5, 0.6) is 0 Å². The highest BCUT2D eigenvalue weighted by Crippen LogP contribution is 2.19. The maximum atomic E-state index is 11.0. The first-order valence-electron chi connectivity index (χ1n) is 5.86. The minimum atomic E-state index is -3.01. The Balaban J connectivity index is 2.84. The fourth-order valence-corrected chi connectivity index (χ4v) is 3.59. The molecule has 1 heterocycles. The summed E-state index contributed by atoms with van der Waals surface area (Å²) in [5.74, 6) is -0.565. The highest BCUT2D eigenvalue weighted by Gasteiger charge is 2.10. The van der Waals surface area contributed by atoms with Crippen molar-refractivity contribution in [2.24, 2.45) is 0 Å². The lowest BCUT2D eigenvalue weighted by Crippen LogP contribution is -2.06. The molecule has 0 aromatic carbocycles. The molecule has 5 nitrogen and oxygen atoms in total. The van der Waals surface area contributed by atoms with Crippen molar-refractivity contribution in [1.29, 1.82) is 0 Å². The smallest absolute Gasteiger partial charge is 0.335 e. The molecule has 0 saturated carbocycles. The van der Waals surface area contributed by atoms with Crippen LogP contribution in [0, 0.1) is 0 Å². The van der Waals surface area contributed by atoms with Crippen LogP contribution in [0.15, 0.2) is 17.2 Å². The predicted molar refractivity (Wildman–Crippen MR) is 75.6 cm³/mol. The second-order valence-electron chi connectivity index (χ2n) is 4.22. The van der Waals surface area contributed by atoms with Crippen molar-refractivity contribution in [2.75, 3.05) is 17.8 Å². The lowest BCUT2D eigenvalue weighted by molar-refractivity contribution is 0.0696. The summed E-state index contributed by atoms with van der Waals surface area (Å²) in [5.41, 5.74) is 0.921. The molecule has 1 aromatic rings. The summed E-state index contributed by atoms with van der Waals surface area (Å²) in [6.07, 6.45) is 2.77. The van der Waals surface area contributed by atoms with Crippen LogP contribution < -0.4 is 0 Å². The topological polar surface area (TPSA) is 84.3 Å². The van der Waals surface area contributed by atoms with Crippen molar-refractivity contribution in [3.8, 4) is 0 Å². The summed E-state index contributed by atoms with van der Waals surface area (Å²) in [6, 6.07) is 3.04. The number of carbonyl (C=O) groups is 1. The Bertz CT molecular complexity index is 555. The van der Waals surface area contributed by atoms with Crippen molar-refractivity contribution >= 4 is 27.6 Å².